The molecule has 0 aromatic heterocycles. The Hall–Kier alpha value is -0.380. The molecule has 0 saturated carbocycles. The molecule has 0 saturated heterocycles. The summed E-state index contributed by atoms with van der Waals surface area (Å²) in [4.78, 5) is 9.66. The van der Waals surface area contributed by atoms with Gasteiger partial charge in [0.1, 0.15) is 0 Å². The lowest BCUT2D eigenvalue weighted by atomic mass is 10.5. The zero-order valence-electron chi connectivity index (χ0n) is 5.42. The van der Waals surface area contributed by atoms with E-state index < -0.39 is 10.8 Å². The van der Waals surface area contributed by atoms with E-state index in [1.54, 1.807) is 6.26 Å². The van der Waals surface area contributed by atoms with Crippen LogP contribution in [-0.2, 0) is 15.6 Å². The first-order chi connectivity index (χ1) is 4.27. The first-order valence-electron chi connectivity index (χ1n) is 2.74. The molecule has 0 spiro atoms. The normalized spacial score (nSPS) is 12.6. The number of hydrogen-bond acceptors (Lipinski definition) is 2. The van der Waals surface area contributed by atoms with Gasteiger partial charge in [-0.3, -0.25) is 9.00 Å². The van der Waals surface area contributed by atoms with Gasteiger partial charge in [0.15, 0.2) is 0 Å². The number of hydrogen-bond donors (Lipinski definition) is 1. The summed E-state index contributed by atoms with van der Waals surface area (Å²) in [6.45, 7) is 0.628. The summed E-state index contributed by atoms with van der Waals surface area (Å²) >= 11 is 0. The van der Waals surface area contributed by atoms with Crippen LogP contribution < -0.4 is 5.32 Å². The van der Waals surface area contributed by atoms with Gasteiger partial charge in [-0.25, -0.2) is 0 Å². The molecule has 0 rings (SSSR count). The van der Waals surface area contributed by atoms with E-state index in [2.05, 4.69) is 5.32 Å². The van der Waals surface area contributed by atoms with E-state index in [0.29, 0.717) is 18.7 Å². The van der Waals surface area contributed by atoms with Gasteiger partial charge in [0.2, 0.25) is 6.41 Å². The standard InChI is InChI=1S/C5H11NO2S/c1-9(8)4-2-3-6-5-7/h5H,2-4H2,1H3,(H,6,7). The van der Waals surface area contributed by atoms with Gasteiger partial charge in [0.05, 0.1) is 0 Å². The first kappa shape index (κ1) is 8.62. The zero-order valence-corrected chi connectivity index (χ0v) is 6.24. The second-order valence-corrected chi connectivity index (χ2v) is 3.26. The Morgan fingerprint density at radius 2 is 2.33 bits per heavy atom. The molecule has 0 aliphatic rings. The highest BCUT2D eigenvalue weighted by atomic mass is 32.2. The maximum Gasteiger partial charge on any atom is 0.207 e. The van der Waals surface area contributed by atoms with Gasteiger partial charge < -0.3 is 5.32 Å². The minimum absolute atomic E-state index is 0.628. The molecule has 1 N–H and O–H groups in total. The fourth-order valence-corrected chi connectivity index (χ4v) is 0.987. The summed E-state index contributed by atoms with van der Waals surface area (Å²) in [6.07, 6.45) is 3.10. The predicted molar refractivity (Wildman–Crippen MR) is 37.6 cm³/mol. The number of nitrogens with one attached hydrogen (secondary N) is 1. The molecule has 54 valence electrons. The lowest BCUT2D eigenvalue weighted by molar-refractivity contribution is -0.109. The molecule has 3 nitrogen and oxygen atoms in total. The minimum Gasteiger partial charge on any atom is -0.359 e. The van der Waals surface area contributed by atoms with E-state index >= 15 is 0 Å². The molecule has 0 aliphatic heterocycles. The largest absolute Gasteiger partial charge is 0.359 e. The number of carbonyl (C=O) groups is 1. The number of amides is 1. The molecule has 0 aromatic rings. The average Bonchev–Trinajstić information content (AvgIpc) is 1.80. The molecular weight excluding hydrogens is 138 g/mol. The highest BCUT2D eigenvalue weighted by Gasteiger charge is 1.88. The molecule has 4 heteroatoms. The van der Waals surface area contributed by atoms with Crippen LogP contribution in [0.1, 0.15) is 6.42 Å². The smallest absolute Gasteiger partial charge is 0.207 e. The van der Waals surface area contributed by atoms with Crippen LogP contribution in [0.3, 0.4) is 0 Å². The van der Waals surface area contributed by atoms with Crippen LogP contribution in [0.15, 0.2) is 0 Å². The van der Waals surface area contributed by atoms with Crippen LogP contribution in [0.25, 0.3) is 0 Å². The molecule has 1 atom stereocenters. The predicted octanol–water partition coefficient (Wildman–Crippen LogP) is -0.499. The highest BCUT2D eigenvalue weighted by molar-refractivity contribution is 7.84. The Balaban J connectivity index is 2.91. The lowest BCUT2D eigenvalue weighted by Crippen LogP contribution is -2.14. The van der Waals surface area contributed by atoms with Gasteiger partial charge in [0, 0.05) is 29.4 Å². The third-order valence-electron chi connectivity index (χ3n) is 0.836. The van der Waals surface area contributed by atoms with Crippen LogP contribution in [0.4, 0.5) is 0 Å². The van der Waals surface area contributed by atoms with Crippen molar-refractivity contribution in [2.75, 3.05) is 18.6 Å². The van der Waals surface area contributed by atoms with Crippen molar-refractivity contribution in [2.24, 2.45) is 0 Å². The Kier molecular flexibility index (Phi) is 5.51. The van der Waals surface area contributed by atoms with E-state index in [-0.39, 0.29) is 0 Å². The van der Waals surface area contributed by atoms with Crippen molar-refractivity contribution in [3.05, 3.63) is 0 Å². The van der Waals surface area contributed by atoms with E-state index in [1.165, 1.54) is 0 Å². The maximum atomic E-state index is 10.4. The zero-order chi connectivity index (χ0) is 7.11. The monoisotopic (exact) mass is 149 g/mol. The molecule has 0 aliphatic carbocycles. The van der Waals surface area contributed by atoms with Gasteiger partial charge in [-0.15, -0.1) is 0 Å². The van der Waals surface area contributed by atoms with Crippen molar-refractivity contribution < 1.29 is 9.00 Å². The Bertz CT molecular complexity index is 105. The quantitative estimate of drug-likeness (QED) is 0.423. The third-order valence-corrected chi connectivity index (χ3v) is 1.70. The number of rotatable bonds is 5. The fourth-order valence-electron chi connectivity index (χ4n) is 0.436. The van der Waals surface area contributed by atoms with E-state index in [4.69, 9.17) is 0 Å². The van der Waals surface area contributed by atoms with Gasteiger partial charge in [0.25, 0.3) is 0 Å². The summed E-state index contributed by atoms with van der Waals surface area (Å²) in [5.74, 6) is 0.668. The SMILES string of the molecule is CS(=O)CCCNC=O. The van der Waals surface area contributed by atoms with Gasteiger partial charge >= 0.3 is 0 Å². The van der Waals surface area contributed by atoms with Crippen molar-refractivity contribution in [1.82, 2.24) is 5.32 Å². The van der Waals surface area contributed by atoms with Crippen LogP contribution >= 0.6 is 0 Å². The second-order valence-electron chi connectivity index (χ2n) is 1.70. The average molecular weight is 149 g/mol. The summed E-state index contributed by atoms with van der Waals surface area (Å²) in [5, 5.41) is 2.49. The van der Waals surface area contributed by atoms with Crippen LogP contribution in [0.2, 0.25) is 0 Å². The summed E-state index contributed by atoms with van der Waals surface area (Å²) in [6, 6.07) is 0. The van der Waals surface area contributed by atoms with Crippen LogP contribution in [0, 0.1) is 0 Å². The van der Waals surface area contributed by atoms with Crippen molar-refractivity contribution in [3.8, 4) is 0 Å². The molecule has 0 radical (unpaired) electrons. The Labute approximate surface area is 57.3 Å². The Morgan fingerprint density at radius 1 is 1.67 bits per heavy atom. The lowest BCUT2D eigenvalue weighted by Gasteiger charge is -1.94. The third kappa shape index (κ3) is 7.62. The van der Waals surface area contributed by atoms with Crippen molar-refractivity contribution >= 4 is 17.2 Å². The van der Waals surface area contributed by atoms with Gasteiger partial charge in [-0.05, 0) is 6.42 Å². The summed E-state index contributed by atoms with van der Waals surface area (Å²) in [7, 11) is -0.725. The molecule has 1 amide bonds. The molecule has 0 heterocycles. The Morgan fingerprint density at radius 3 is 2.78 bits per heavy atom. The maximum absolute atomic E-state index is 10.4. The van der Waals surface area contributed by atoms with Crippen molar-refractivity contribution in [3.63, 3.8) is 0 Å². The molecule has 0 bridgehead atoms. The fraction of sp³-hybridized carbons (Fsp3) is 0.800. The molecule has 1 unspecified atom stereocenters. The van der Waals surface area contributed by atoms with Crippen molar-refractivity contribution in [1.29, 1.82) is 0 Å². The minimum atomic E-state index is -0.725. The summed E-state index contributed by atoms with van der Waals surface area (Å²) < 4.78 is 10.4. The molecular formula is C5H11NO2S. The highest BCUT2D eigenvalue weighted by Crippen LogP contribution is 1.79. The molecule has 9 heavy (non-hydrogen) atoms. The number of carbonyl (C=O) groups excluding carboxylic acids is 1. The second kappa shape index (κ2) is 5.75. The topological polar surface area (TPSA) is 46.2 Å². The van der Waals surface area contributed by atoms with Crippen LogP contribution in [0.5, 0.6) is 0 Å². The van der Waals surface area contributed by atoms with Gasteiger partial charge in [-0.1, -0.05) is 0 Å². The first-order valence-corrected chi connectivity index (χ1v) is 4.47. The van der Waals surface area contributed by atoms with E-state index in [1.807, 2.05) is 0 Å². The van der Waals surface area contributed by atoms with Crippen LogP contribution in [-0.4, -0.2) is 29.2 Å². The summed E-state index contributed by atoms with van der Waals surface area (Å²) in [5.41, 5.74) is 0. The molecule has 0 aromatic carbocycles. The molecule has 0 fully saturated rings. The van der Waals surface area contributed by atoms with E-state index in [9.17, 15) is 9.00 Å². The van der Waals surface area contributed by atoms with Crippen molar-refractivity contribution in [2.45, 2.75) is 6.42 Å². The van der Waals surface area contributed by atoms with E-state index in [0.717, 1.165) is 6.42 Å². The van der Waals surface area contributed by atoms with Gasteiger partial charge in [-0.2, -0.15) is 0 Å².